The van der Waals surface area contributed by atoms with Crippen LogP contribution in [0, 0.1) is 0 Å². The van der Waals surface area contributed by atoms with Crippen LogP contribution in [0.5, 0.6) is 0 Å². The van der Waals surface area contributed by atoms with Crippen molar-refractivity contribution < 1.29 is 9.90 Å². The zero-order valence-electron chi connectivity index (χ0n) is 7.35. The highest BCUT2D eigenvalue weighted by atomic mass is 35.5. The molecule has 0 saturated carbocycles. The second-order valence-corrected chi connectivity index (χ2v) is 3.63. The van der Waals surface area contributed by atoms with Crippen LogP contribution in [0.3, 0.4) is 0 Å². The normalized spacial score (nSPS) is 21.7. The third-order valence-corrected chi connectivity index (χ3v) is 2.32. The second-order valence-electron chi connectivity index (χ2n) is 3.19. The van der Waals surface area contributed by atoms with Gasteiger partial charge in [-0.1, -0.05) is 11.6 Å². The topological polar surface area (TPSA) is 53.4 Å². The molecule has 1 aliphatic heterocycles. The maximum atomic E-state index is 11.4. The van der Waals surface area contributed by atoms with Gasteiger partial charge in [-0.3, -0.25) is 9.69 Å². The summed E-state index contributed by atoms with van der Waals surface area (Å²) in [5, 5.41) is 9.81. The van der Waals surface area contributed by atoms with Crippen LogP contribution >= 0.6 is 11.6 Å². The van der Waals surface area contributed by atoms with Crippen molar-refractivity contribution >= 4 is 23.3 Å². The number of carbonyl (C=O) groups excluding carboxylic acids is 1. The Morgan fingerprint density at radius 1 is 1.64 bits per heavy atom. The van der Waals surface area contributed by atoms with Crippen LogP contribution in [-0.4, -0.2) is 28.6 Å². The van der Waals surface area contributed by atoms with Crippen molar-refractivity contribution in [2.45, 2.75) is 12.5 Å². The van der Waals surface area contributed by atoms with E-state index in [0.29, 0.717) is 17.4 Å². The Bertz CT molecular complexity index is 370. The van der Waals surface area contributed by atoms with Crippen molar-refractivity contribution in [3.05, 3.63) is 23.4 Å². The van der Waals surface area contributed by atoms with Crippen LogP contribution in [0.4, 0.5) is 5.82 Å². The zero-order chi connectivity index (χ0) is 10.1. The monoisotopic (exact) mass is 212 g/mol. The summed E-state index contributed by atoms with van der Waals surface area (Å²) in [4.78, 5) is 16.8. The summed E-state index contributed by atoms with van der Waals surface area (Å²) < 4.78 is 0. The fourth-order valence-corrected chi connectivity index (χ4v) is 1.61. The van der Waals surface area contributed by atoms with Crippen LogP contribution in [0.1, 0.15) is 6.42 Å². The Labute approximate surface area is 86.1 Å². The fourth-order valence-electron chi connectivity index (χ4n) is 1.45. The number of amides is 1. The molecule has 14 heavy (non-hydrogen) atoms. The van der Waals surface area contributed by atoms with E-state index < -0.39 is 6.10 Å². The second kappa shape index (κ2) is 3.55. The molecule has 5 heteroatoms. The molecule has 1 aromatic heterocycles. The van der Waals surface area contributed by atoms with Gasteiger partial charge in [-0.25, -0.2) is 4.98 Å². The zero-order valence-corrected chi connectivity index (χ0v) is 8.11. The number of aliphatic hydroxyl groups is 1. The number of aliphatic hydroxyl groups excluding tert-OH is 1. The molecule has 0 aromatic carbocycles. The predicted molar refractivity (Wildman–Crippen MR) is 52.2 cm³/mol. The highest BCUT2D eigenvalue weighted by Crippen LogP contribution is 2.21. The van der Waals surface area contributed by atoms with Crippen LogP contribution in [0.25, 0.3) is 0 Å². The van der Waals surface area contributed by atoms with E-state index >= 15 is 0 Å². The van der Waals surface area contributed by atoms with Crippen LogP contribution < -0.4 is 4.90 Å². The Balaban J connectivity index is 2.27. The predicted octanol–water partition coefficient (Wildman–Crippen LogP) is 0.833. The van der Waals surface area contributed by atoms with Crippen LogP contribution in [0.2, 0.25) is 5.02 Å². The number of carbonyl (C=O) groups is 1. The number of aromatic nitrogens is 1. The van der Waals surface area contributed by atoms with E-state index in [1.54, 1.807) is 12.1 Å². The molecule has 1 aliphatic rings. The van der Waals surface area contributed by atoms with Gasteiger partial charge in [0.05, 0.1) is 19.1 Å². The fraction of sp³-hybridized carbons (Fsp3) is 0.333. The molecule has 0 aliphatic carbocycles. The van der Waals surface area contributed by atoms with Crippen LogP contribution in [-0.2, 0) is 4.79 Å². The van der Waals surface area contributed by atoms with Crippen molar-refractivity contribution in [2.75, 3.05) is 11.4 Å². The molecule has 1 fully saturated rings. The van der Waals surface area contributed by atoms with E-state index in [1.807, 2.05) is 0 Å². The van der Waals surface area contributed by atoms with Gasteiger partial charge in [-0.05, 0) is 12.1 Å². The number of hydrogen-bond acceptors (Lipinski definition) is 3. The highest BCUT2D eigenvalue weighted by Gasteiger charge is 2.29. The van der Waals surface area contributed by atoms with E-state index in [0.717, 1.165) is 0 Å². The van der Waals surface area contributed by atoms with Gasteiger partial charge in [-0.15, -0.1) is 0 Å². The first-order valence-electron chi connectivity index (χ1n) is 4.27. The molecule has 0 radical (unpaired) electrons. The van der Waals surface area contributed by atoms with E-state index in [2.05, 4.69) is 4.98 Å². The average Bonchev–Trinajstić information content (AvgIpc) is 2.45. The van der Waals surface area contributed by atoms with Gasteiger partial charge >= 0.3 is 0 Å². The van der Waals surface area contributed by atoms with Gasteiger partial charge in [-0.2, -0.15) is 0 Å². The summed E-state index contributed by atoms with van der Waals surface area (Å²) in [7, 11) is 0. The lowest BCUT2D eigenvalue weighted by molar-refractivity contribution is -0.117. The van der Waals surface area contributed by atoms with Crippen molar-refractivity contribution in [2.24, 2.45) is 0 Å². The molecule has 0 spiro atoms. The molecular formula is C9H9ClN2O2. The minimum Gasteiger partial charge on any atom is -0.391 e. The molecular weight excluding hydrogens is 204 g/mol. The van der Waals surface area contributed by atoms with Gasteiger partial charge in [0.2, 0.25) is 5.91 Å². The summed E-state index contributed by atoms with van der Waals surface area (Å²) >= 11 is 5.77. The van der Waals surface area contributed by atoms with Crippen molar-refractivity contribution in [1.29, 1.82) is 0 Å². The average molecular weight is 213 g/mol. The molecule has 1 amide bonds. The molecule has 74 valence electrons. The Kier molecular flexibility index (Phi) is 2.39. The quantitative estimate of drug-likeness (QED) is 0.751. The number of anilines is 1. The van der Waals surface area contributed by atoms with Gasteiger partial charge < -0.3 is 5.11 Å². The van der Waals surface area contributed by atoms with Crippen molar-refractivity contribution in [3.8, 4) is 0 Å². The first kappa shape index (κ1) is 9.43. The van der Waals surface area contributed by atoms with Crippen molar-refractivity contribution in [3.63, 3.8) is 0 Å². The Morgan fingerprint density at radius 3 is 3.00 bits per heavy atom. The molecule has 0 bridgehead atoms. The lowest BCUT2D eigenvalue weighted by atomic mass is 10.3. The smallest absolute Gasteiger partial charge is 0.230 e. The van der Waals surface area contributed by atoms with E-state index in [1.165, 1.54) is 11.1 Å². The van der Waals surface area contributed by atoms with Crippen molar-refractivity contribution in [1.82, 2.24) is 4.98 Å². The largest absolute Gasteiger partial charge is 0.391 e. The minimum atomic E-state index is -0.594. The first-order chi connectivity index (χ1) is 6.66. The molecule has 1 atom stereocenters. The van der Waals surface area contributed by atoms with E-state index in [9.17, 15) is 9.90 Å². The van der Waals surface area contributed by atoms with E-state index in [-0.39, 0.29) is 12.3 Å². The SMILES string of the molecule is O=C1CC(O)CN1c1cc(Cl)ccn1. The maximum absolute atomic E-state index is 11.4. The third kappa shape index (κ3) is 1.71. The standard InChI is InChI=1S/C9H9ClN2O2/c10-6-1-2-11-8(3-6)12-5-7(13)4-9(12)14/h1-3,7,13H,4-5H2. The number of hydrogen-bond donors (Lipinski definition) is 1. The molecule has 1 saturated heterocycles. The van der Waals surface area contributed by atoms with Gasteiger partial charge in [0.15, 0.2) is 0 Å². The lowest BCUT2D eigenvalue weighted by Gasteiger charge is -2.14. The third-order valence-electron chi connectivity index (χ3n) is 2.09. The molecule has 2 heterocycles. The number of pyridine rings is 1. The van der Waals surface area contributed by atoms with E-state index in [4.69, 9.17) is 11.6 Å². The first-order valence-corrected chi connectivity index (χ1v) is 4.64. The summed E-state index contributed by atoms with van der Waals surface area (Å²) in [5.74, 6) is 0.381. The maximum Gasteiger partial charge on any atom is 0.230 e. The number of nitrogens with zero attached hydrogens (tertiary/aromatic N) is 2. The summed E-state index contributed by atoms with van der Waals surface area (Å²) in [5.41, 5.74) is 0. The number of rotatable bonds is 1. The van der Waals surface area contributed by atoms with Crippen LogP contribution in [0.15, 0.2) is 18.3 Å². The number of halogens is 1. The molecule has 1 aromatic rings. The molecule has 1 N–H and O–H groups in total. The van der Waals surface area contributed by atoms with Gasteiger partial charge in [0, 0.05) is 11.2 Å². The molecule has 1 unspecified atom stereocenters. The minimum absolute atomic E-state index is 0.118. The lowest BCUT2D eigenvalue weighted by Crippen LogP contribution is -2.26. The highest BCUT2D eigenvalue weighted by molar-refractivity contribution is 6.30. The summed E-state index contributed by atoms with van der Waals surface area (Å²) in [6.07, 6.45) is 1.10. The molecule has 4 nitrogen and oxygen atoms in total. The summed E-state index contributed by atoms with van der Waals surface area (Å²) in [6, 6.07) is 3.25. The summed E-state index contributed by atoms with van der Waals surface area (Å²) in [6.45, 7) is 0.298. The van der Waals surface area contributed by atoms with Gasteiger partial charge in [0.25, 0.3) is 0 Å². The molecule has 2 rings (SSSR count). The number of β-amino-alcohol motifs (C(OH)–C–C–N with tert-alkyl or cyclic N) is 1. The Morgan fingerprint density at radius 2 is 2.43 bits per heavy atom. The van der Waals surface area contributed by atoms with Gasteiger partial charge in [0.1, 0.15) is 5.82 Å². The Hall–Kier alpha value is -1.13.